The van der Waals surface area contributed by atoms with Gasteiger partial charge in [-0.1, -0.05) is 0 Å². The van der Waals surface area contributed by atoms with Gasteiger partial charge in [-0.15, -0.1) is 0 Å². The molecule has 1 rings (SSSR count). The number of alkyl halides is 2. The van der Waals surface area contributed by atoms with Crippen LogP contribution < -0.4 is 0 Å². The largest absolute Gasteiger partial charge is 0.444 e. The summed E-state index contributed by atoms with van der Waals surface area (Å²) in [7, 11) is -4.02. The van der Waals surface area contributed by atoms with Crippen LogP contribution in [0.25, 0.3) is 0 Å². The zero-order chi connectivity index (χ0) is 15.8. The molecule has 0 N–H and O–H groups in total. The molecule has 20 heavy (non-hydrogen) atoms. The molecule has 6 nitrogen and oxygen atoms in total. The van der Waals surface area contributed by atoms with E-state index < -0.39 is 52.7 Å². The lowest BCUT2D eigenvalue weighted by molar-refractivity contribution is -0.0602. The van der Waals surface area contributed by atoms with E-state index in [4.69, 9.17) is 4.74 Å². The zero-order valence-electron chi connectivity index (χ0n) is 11.9. The molecule has 0 aromatic carbocycles. The lowest BCUT2D eigenvalue weighted by Crippen LogP contribution is -2.36. The van der Waals surface area contributed by atoms with Crippen LogP contribution in [0.4, 0.5) is 13.6 Å². The molecule has 0 bridgehead atoms. The Morgan fingerprint density at radius 2 is 1.95 bits per heavy atom. The Bertz CT molecular complexity index is 472. The van der Waals surface area contributed by atoms with Crippen LogP contribution in [-0.2, 0) is 19.0 Å². The summed E-state index contributed by atoms with van der Waals surface area (Å²) in [5, 5.41) is 0. The Hall–Kier alpha value is -0.960. The first-order chi connectivity index (χ1) is 8.86. The fourth-order valence-corrected chi connectivity index (χ4v) is 2.26. The molecule has 1 amide bonds. The smallest absolute Gasteiger partial charge is 0.410 e. The highest BCUT2D eigenvalue weighted by Crippen LogP contribution is 2.32. The van der Waals surface area contributed by atoms with Crippen molar-refractivity contribution in [2.45, 2.75) is 45.3 Å². The summed E-state index contributed by atoms with van der Waals surface area (Å²) in [5.41, 5.74) is -0.819. The highest BCUT2D eigenvalue weighted by molar-refractivity contribution is 7.86. The van der Waals surface area contributed by atoms with Gasteiger partial charge >= 0.3 is 6.09 Å². The number of hydrogen-bond donors (Lipinski definition) is 0. The van der Waals surface area contributed by atoms with E-state index >= 15 is 0 Å². The number of ether oxygens (including phenoxy) is 1. The standard InChI is InChI=1S/C11H19F2NO5S/c1-5-20(16,17)19-8-6-14(7-11(8,12)13)9(15)18-10(2,3)4/h8H,5-7H2,1-4H3/t8-/m1/s1. The van der Waals surface area contributed by atoms with Gasteiger partial charge < -0.3 is 4.74 Å². The molecule has 1 aliphatic rings. The van der Waals surface area contributed by atoms with Crippen molar-refractivity contribution in [3.05, 3.63) is 0 Å². The molecule has 1 fully saturated rings. The van der Waals surface area contributed by atoms with E-state index in [1.54, 1.807) is 20.8 Å². The number of hydrogen-bond acceptors (Lipinski definition) is 5. The maximum absolute atomic E-state index is 13.7. The van der Waals surface area contributed by atoms with Crippen molar-refractivity contribution in [3.63, 3.8) is 0 Å². The lowest BCUT2D eigenvalue weighted by Gasteiger charge is -2.24. The summed E-state index contributed by atoms with van der Waals surface area (Å²) in [6.07, 6.45) is -2.79. The molecular weight excluding hydrogens is 296 g/mol. The first kappa shape index (κ1) is 17.1. The molecule has 0 aromatic rings. The van der Waals surface area contributed by atoms with Gasteiger partial charge in [-0.05, 0) is 27.7 Å². The fourth-order valence-electron chi connectivity index (χ4n) is 1.57. The van der Waals surface area contributed by atoms with E-state index in [1.165, 1.54) is 6.92 Å². The molecule has 0 radical (unpaired) electrons. The highest BCUT2D eigenvalue weighted by atomic mass is 32.2. The number of nitrogens with zero attached hydrogens (tertiary/aromatic N) is 1. The van der Waals surface area contributed by atoms with Crippen molar-refractivity contribution in [2.24, 2.45) is 0 Å². The van der Waals surface area contributed by atoms with Crippen LogP contribution in [0.2, 0.25) is 0 Å². The van der Waals surface area contributed by atoms with Crippen LogP contribution in [0.1, 0.15) is 27.7 Å². The molecule has 0 spiro atoms. The molecule has 1 atom stereocenters. The maximum atomic E-state index is 13.7. The number of amides is 1. The molecule has 0 unspecified atom stereocenters. The molecule has 0 saturated carbocycles. The summed E-state index contributed by atoms with van der Waals surface area (Å²) >= 11 is 0. The Kier molecular flexibility index (Phi) is 4.65. The Balaban J connectivity index is 2.77. The molecule has 1 heterocycles. The normalized spacial score (nSPS) is 22.9. The van der Waals surface area contributed by atoms with Crippen LogP contribution in [-0.4, -0.2) is 55.9 Å². The molecule has 9 heteroatoms. The molecule has 1 saturated heterocycles. The van der Waals surface area contributed by atoms with Crippen LogP contribution in [0.15, 0.2) is 0 Å². The molecule has 118 valence electrons. The number of halogens is 2. The molecule has 1 aliphatic heterocycles. The van der Waals surface area contributed by atoms with Crippen LogP contribution in [0.3, 0.4) is 0 Å². The van der Waals surface area contributed by atoms with E-state index in [1.807, 2.05) is 0 Å². The Morgan fingerprint density at radius 1 is 1.40 bits per heavy atom. The number of carbonyl (C=O) groups excluding carboxylic acids is 1. The van der Waals surface area contributed by atoms with E-state index in [0.717, 1.165) is 4.90 Å². The minimum absolute atomic E-state index is 0.411. The van der Waals surface area contributed by atoms with Gasteiger partial charge in [0.2, 0.25) is 0 Å². The minimum atomic E-state index is -4.02. The molecular formula is C11H19F2NO5S. The topological polar surface area (TPSA) is 72.9 Å². The van der Waals surface area contributed by atoms with Crippen LogP contribution in [0.5, 0.6) is 0 Å². The highest BCUT2D eigenvalue weighted by Gasteiger charge is 2.53. The summed E-state index contributed by atoms with van der Waals surface area (Å²) in [5.74, 6) is -3.84. The third-order valence-corrected chi connectivity index (χ3v) is 3.76. The SMILES string of the molecule is CCS(=O)(=O)O[C@@H]1CN(C(=O)OC(C)(C)C)CC1(F)F. The summed E-state index contributed by atoms with van der Waals surface area (Å²) in [6, 6.07) is 0. The number of carbonyl (C=O) groups is 1. The van der Waals surface area contributed by atoms with Crippen molar-refractivity contribution in [2.75, 3.05) is 18.8 Å². The molecule has 0 aliphatic carbocycles. The predicted octanol–water partition coefficient (Wildman–Crippen LogP) is 1.61. The second kappa shape index (κ2) is 5.44. The van der Waals surface area contributed by atoms with Crippen molar-refractivity contribution in [1.82, 2.24) is 4.90 Å². The van der Waals surface area contributed by atoms with Crippen molar-refractivity contribution in [3.8, 4) is 0 Å². The van der Waals surface area contributed by atoms with Gasteiger partial charge in [-0.2, -0.15) is 8.42 Å². The van der Waals surface area contributed by atoms with Gasteiger partial charge in [0.15, 0.2) is 6.10 Å². The van der Waals surface area contributed by atoms with E-state index in [2.05, 4.69) is 4.18 Å². The predicted molar refractivity (Wildman–Crippen MR) is 67.1 cm³/mol. The van der Waals surface area contributed by atoms with Crippen molar-refractivity contribution < 1.29 is 30.9 Å². The third kappa shape index (κ3) is 4.55. The average molecular weight is 315 g/mol. The second-order valence-electron chi connectivity index (χ2n) is 5.55. The van der Waals surface area contributed by atoms with Gasteiger partial charge in [0.1, 0.15) is 5.60 Å². The van der Waals surface area contributed by atoms with Gasteiger partial charge in [0.05, 0.1) is 18.8 Å². The summed E-state index contributed by atoms with van der Waals surface area (Å²) < 4.78 is 59.3. The third-order valence-electron chi connectivity index (χ3n) is 2.53. The lowest BCUT2D eigenvalue weighted by atomic mass is 10.2. The zero-order valence-corrected chi connectivity index (χ0v) is 12.7. The number of likely N-dealkylation sites (tertiary alicyclic amines) is 1. The van der Waals surface area contributed by atoms with Crippen molar-refractivity contribution in [1.29, 1.82) is 0 Å². The van der Waals surface area contributed by atoms with E-state index in [0.29, 0.717) is 0 Å². The van der Waals surface area contributed by atoms with E-state index in [9.17, 15) is 22.0 Å². The fraction of sp³-hybridized carbons (Fsp3) is 0.909. The Labute approximate surface area is 117 Å². The quantitative estimate of drug-likeness (QED) is 0.740. The van der Waals surface area contributed by atoms with Gasteiger partial charge in [-0.25, -0.2) is 13.6 Å². The molecule has 0 aromatic heterocycles. The van der Waals surface area contributed by atoms with E-state index in [-0.39, 0.29) is 0 Å². The van der Waals surface area contributed by atoms with Crippen LogP contribution in [0, 0.1) is 0 Å². The first-order valence-electron chi connectivity index (χ1n) is 6.13. The maximum Gasteiger partial charge on any atom is 0.410 e. The number of rotatable bonds is 3. The second-order valence-corrected chi connectivity index (χ2v) is 7.44. The summed E-state index contributed by atoms with van der Waals surface area (Å²) in [4.78, 5) is 12.4. The monoisotopic (exact) mass is 315 g/mol. The summed E-state index contributed by atoms with van der Waals surface area (Å²) in [6.45, 7) is 4.65. The van der Waals surface area contributed by atoms with Crippen molar-refractivity contribution >= 4 is 16.2 Å². The van der Waals surface area contributed by atoms with Gasteiger partial charge in [0, 0.05) is 0 Å². The Morgan fingerprint density at radius 3 is 2.40 bits per heavy atom. The first-order valence-corrected chi connectivity index (χ1v) is 7.71. The van der Waals surface area contributed by atoms with Crippen LogP contribution >= 0.6 is 0 Å². The average Bonchev–Trinajstić information content (AvgIpc) is 2.52. The van der Waals surface area contributed by atoms with Gasteiger partial charge in [0.25, 0.3) is 16.0 Å². The van der Waals surface area contributed by atoms with Gasteiger partial charge in [-0.3, -0.25) is 9.08 Å². The minimum Gasteiger partial charge on any atom is -0.444 e.